The molecule has 0 amide bonds. The third-order valence-electron chi connectivity index (χ3n) is 3.79. The van der Waals surface area contributed by atoms with Crippen LogP contribution >= 0.6 is 0 Å². The number of nitriles is 1. The minimum atomic E-state index is -0.303. The van der Waals surface area contributed by atoms with E-state index in [2.05, 4.69) is 6.07 Å². The summed E-state index contributed by atoms with van der Waals surface area (Å²) in [5.74, 6) is 0.162. The molecule has 0 unspecified atom stereocenters. The molecule has 0 aliphatic carbocycles. The number of rotatable bonds is 7. The summed E-state index contributed by atoms with van der Waals surface area (Å²) in [4.78, 5) is 11.0. The van der Waals surface area contributed by atoms with Gasteiger partial charge in [0.15, 0.2) is 0 Å². The third-order valence-corrected chi connectivity index (χ3v) is 3.79. The van der Waals surface area contributed by atoms with Crippen LogP contribution in [0.15, 0.2) is 18.2 Å². The number of hydrogen-bond acceptors (Lipinski definition) is 5. The van der Waals surface area contributed by atoms with Gasteiger partial charge in [-0.25, -0.2) is 0 Å². The number of nitrogens with two attached hydrogens (primary N) is 1. The Morgan fingerprint density at radius 3 is 2.52 bits per heavy atom. The normalized spacial score (nSPS) is 10.8. The third kappa shape index (κ3) is 4.38. The molecule has 0 aliphatic heterocycles. The van der Waals surface area contributed by atoms with Crippen LogP contribution in [0.2, 0.25) is 0 Å². The van der Waals surface area contributed by atoms with E-state index < -0.39 is 0 Å². The molecule has 1 aromatic rings. The van der Waals surface area contributed by atoms with Crippen molar-refractivity contribution in [1.82, 2.24) is 0 Å². The van der Waals surface area contributed by atoms with Crippen molar-refractivity contribution in [2.24, 2.45) is 5.41 Å². The molecule has 0 fully saturated rings. The standard InChI is InChI=1S/C16H22N2O3/c1-4-16(5-2,10-20-12(3)19)11-21-15-8-6-7-14(18)13(15)9-17/h6-8H,4-5,10-11,18H2,1-3H3. The van der Waals surface area contributed by atoms with Crippen molar-refractivity contribution in [2.75, 3.05) is 18.9 Å². The molecular formula is C16H22N2O3. The fourth-order valence-electron chi connectivity index (χ4n) is 1.97. The van der Waals surface area contributed by atoms with E-state index in [1.165, 1.54) is 6.92 Å². The Labute approximate surface area is 125 Å². The molecule has 0 radical (unpaired) electrons. The highest BCUT2D eigenvalue weighted by molar-refractivity contribution is 5.66. The summed E-state index contributed by atoms with van der Waals surface area (Å²) in [5, 5.41) is 9.14. The zero-order chi connectivity index (χ0) is 15.9. The second-order valence-electron chi connectivity index (χ2n) is 5.11. The Morgan fingerprint density at radius 2 is 2.00 bits per heavy atom. The van der Waals surface area contributed by atoms with Crippen molar-refractivity contribution in [2.45, 2.75) is 33.6 Å². The Kier molecular flexibility index (Phi) is 6.04. The molecule has 5 nitrogen and oxygen atoms in total. The molecule has 0 saturated heterocycles. The Bertz CT molecular complexity index is 531. The van der Waals surface area contributed by atoms with Gasteiger partial charge >= 0.3 is 5.97 Å². The largest absolute Gasteiger partial charge is 0.491 e. The number of esters is 1. The van der Waals surface area contributed by atoms with Gasteiger partial charge in [-0.3, -0.25) is 4.79 Å². The first-order valence-electron chi connectivity index (χ1n) is 7.02. The minimum absolute atomic E-state index is 0.261. The molecule has 2 N–H and O–H groups in total. The van der Waals surface area contributed by atoms with E-state index in [0.29, 0.717) is 30.2 Å². The van der Waals surface area contributed by atoms with E-state index in [1.54, 1.807) is 18.2 Å². The first kappa shape index (κ1) is 16.8. The summed E-state index contributed by atoms with van der Waals surface area (Å²) in [5.41, 5.74) is 6.24. The first-order chi connectivity index (χ1) is 9.98. The number of carbonyl (C=O) groups excluding carboxylic acids is 1. The SMILES string of the molecule is CCC(CC)(COC(C)=O)COc1cccc(N)c1C#N. The topological polar surface area (TPSA) is 85.3 Å². The zero-order valence-electron chi connectivity index (χ0n) is 12.8. The smallest absolute Gasteiger partial charge is 0.302 e. The van der Waals surface area contributed by atoms with E-state index in [1.807, 2.05) is 13.8 Å². The lowest BCUT2D eigenvalue weighted by atomic mass is 9.84. The van der Waals surface area contributed by atoms with Gasteiger partial charge in [-0.2, -0.15) is 5.26 Å². The van der Waals surface area contributed by atoms with Gasteiger partial charge in [0, 0.05) is 12.3 Å². The van der Waals surface area contributed by atoms with E-state index in [0.717, 1.165) is 12.8 Å². The van der Waals surface area contributed by atoms with Gasteiger partial charge < -0.3 is 15.2 Å². The van der Waals surface area contributed by atoms with Crippen LogP contribution in [-0.2, 0) is 9.53 Å². The number of anilines is 1. The number of hydrogen-bond donors (Lipinski definition) is 1. The summed E-state index contributed by atoms with van der Waals surface area (Å²) in [6.45, 7) is 6.12. The Balaban J connectivity index is 2.85. The molecule has 5 heteroatoms. The maximum Gasteiger partial charge on any atom is 0.302 e. The summed E-state index contributed by atoms with van der Waals surface area (Å²) in [6, 6.07) is 7.18. The molecule has 0 aliphatic rings. The molecule has 0 saturated carbocycles. The molecule has 0 atom stereocenters. The highest BCUT2D eigenvalue weighted by atomic mass is 16.5. The van der Waals surface area contributed by atoms with Crippen LogP contribution in [0.1, 0.15) is 39.2 Å². The molecule has 0 heterocycles. The van der Waals surface area contributed by atoms with Gasteiger partial charge in [-0.15, -0.1) is 0 Å². The maximum absolute atomic E-state index is 11.0. The average molecular weight is 290 g/mol. The lowest BCUT2D eigenvalue weighted by molar-refractivity contribution is -0.145. The van der Waals surface area contributed by atoms with Gasteiger partial charge in [0.05, 0.1) is 12.3 Å². The van der Waals surface area contributed by atoms with Crippen molar-refractivity contribution in [3.05, 3.63) is 23.8 Å². The van der Waals surface area contributed by atoms with E-state index in [4.69, 9.17) is 20.5 Å². The van der Waals surface area contributed by atoms with Crippen molar-refractivity contribution < 1.29 is 14.3 Å². The van der Waals surface area contributed by atoms with Crippen LogP contribution < -0.4 is 10.5 Å². The molecule has 0 spiro atoms. The molecule has 1 aromatic carbocycles. The number of nitrogens with zero attached hydrogens (tertiary/aromatic N) is 1. The summed E-state index contributed by atoms with van der Waals surface area (Å²) < 4.78 is 10.9. The average Bonchev–Trinajstić information content (AvgIpc) is 2.48. The van der Waals surface area contributed by atoms with Crippen molar-refractivity contribution in [3.63, 3.8) is 0 Å². The fraction of sp³-hybridized carbons (Fsp3) is 0.500. The first-order valence-corrected chi connectivity index (χ1v) is 7.02. The maximum atomic E-state index is 11.0. The molecule has 0 aromatic heterocycles. The predicted octanol–water partition coefficient (Wildman–Crippen LogP) is 2.89. The van der Waals surface area contributed by atoms with Crippen molar-refractivity contribution in [3.8, 4) is 11.8 Å². The van der Waals surface area contributed by atoms with E-state index in [9.17, 15) is 4.79 Å². The highest BCUT2D eigenvalue weighted by Crippen LogP contribution is 2.30. The number of ether oxygens (including phenoxy) is 2. The number of benzene rings is 1. The van der Waals surface area contributed by atoms with Gasteiger partial charge in [-0.05, 0) is 25.0 Å². The van der Waals surface area contributed by atoms with Gasteiger partial charge in [-0.1, -0.05) is 19.9 Å². The summed E-state index contributed by atoms with van der Waals surface area (Å²) in [7, 11) is 0. The Hall–Kier alpha value is -2.22. The van der Waals surface area contributed by atoms with Crippen LogP contribution in [0.3, 0.4) is 0 Å². The zero-order valence-corrected chi connectivity index (χ0v) is 12.8. The van der Waals surface area contributed by atoms with Crippen LogP contribution in [0, 0.1) is 16.7 Å². The highest BCUT2D eigenvalue weighted by Gasteiger charge is 2.29. The molecule has 0 bridgehead atoms. The summed E-state index contributed by atoms with van der Waals surface area (Å²) >= 11 is 0. The molecule has 21 heavy (non-hydrogen) atoms. The van der Waals surface area contributed by atoms with E-state index in [-0.39, 0.29) is 11.4 Å². The minimum Gasteiger partial charge on any atom is -0.491 e. The van der Waals surface area contributed by atoms with E-state index >= 15 is 0 Å². The Morgan fingerprint density at radius 1 is 1.33 bits per heavy atom. The molecular weight excluding hydrogens is 268 g/mol. The van der Waals surface area contributed by atoms with Crippen LogP contribution in [0.5, 0.6) is 5.75 Å². The molecule has 1 rings (SSSR count). The number of carbonyl (C=O) groups is 1. The lowest BCUT2D eigenvalue weighted by Crippen LogP contribution is -2.33. The predicted molar refractivity (Wildman–Crippen MR) is 80.7 cm³/mol. The molecule has 114 valence electrons. The van der Waals surface area contributed by atoms with Gasteiger partial charge in [0.1, 0.15) is 24.0 Å². The monoisotopic (exact) mass is 290 g/mol. The number of nitrogen functional groups attached to an aromatic ring is 1. The van der Waals surface area contributed by atoms with Crippen molar-refractivity contribution >= 4 is 11.7 Å². The van der Waals surface area contributed by atoms with Crippen LogP contribution in [0.25, 0.3) is 0 Å². The quantitative estimate of drug-likeness (QED) is 0.616. The van der Waals surface area contributed by atoms with Crippen molar-refractivity contribution in [1.29, 1.82) is 5.26 Å². The second kappa shape index (κ2) is 7.53. The van der Waals surface area contributed by atoms with Gasteiger partial charge in [0.2, 0.25) is 0 Å². The van der Waals surface area contributed by atoms with Crippen LogP contribution in [-0.4, -0.2) is 19.2 Å². The van der Waals surface area contributed by atoms with Crippen LogP contribution in [0.4, 0.5) is 5.69 Å². The summed E-state index contributed by atoms with van der Waals surface area (Å²) in [6.07, 6.45) is 1.61. The van der Waals surface area contributed by atoms with Gasteiger partial charge in [0.25, 0.3) is 0 Å². The second-order valence-corrected chi connectivity index (χ2v) is 5.11. The lowest BCUT2D eigenvalue weighted by Gasteiger charge is -2.30. The fourth-order valence-corrected chi connectivity index (χ4v) is 1.97.